The molecule has 0 aromatic carbocycles. The number of aliphatic hydroxyl groups excluding tert-OH is 1. The molecule has 0 spiro atoms. The summed E-state index contributed by atoms with van der Waals surface area (Å²) in [6, 6.07) is 0. The number of hydrogen-bond acceptors (Lipinski definition) is 7. The molecule has 0 bridgehead atoms. The van der Waals surface area contributed by atoms with Gasteiger partial charge in [0.1, 0.15) is 6.10 Å². The minimum Gasteiger partial charge on any atom is -0.458 e. The van der Waals surface area contributed by atoms with Crippen molar-refractivity contribution in [3.05, 3.63) is 0 Å². The highest BCUT2D eigenvalue weighted by atomic mass is 16.7. The van der Waals surface area contributed by atoms with Gasteiger partial charge in [-0.05, 0) is 0 Å². The maximum absolute atomic E-state index is 11.2. The van der Waals surface area contributed by atoms with Gasteiger partial charge in [-0.15, -0.1) is 0 Å². The van der Waals surface area contributed by atoms with E-state index in [1.54, 1.807) is 6.92 Å². The van der Waals surface area contributed by atoms with Crippen LogP contribution in [0.5, 0.6) is 0 Å². The van der Waals surface area contributed by atoms with Crippen molar-refractivity contribution in [2.45, 2.75) is 45.4 Å². The Morgan fingerprint density at radius 2 is 1.68 bits per heavy atom. The smallest absolute Gasteiger partial charge is 0.303 e. The Morgan fingerprint density at radius 3 is 2.11 bits per heavy atom. The molecule has 0 saturated carbocycles. The number of carbonyl (C=O) groups is 2. The summed E-state index contributed by atoms with van der Waals surface area (Å²) >= 11 is 0. The maximum Gasteiger partial charge on any atom is 0.303 e. The Kier molecular flexibility index (Phi) is 5.71. The van der Waals surface area contributed by atoms with E-state index in [-0.39, 0.29) is 12.5 Å². The third kappa shape index (κ3) is 3.89. The molecule has 5 atom stereocenters. The molecule has 7 heteroatoms. The first-order valence-electron chi connectivity index (χ1n) is 6.04. The lowest BCUT2D eigenvalue weighted by atomic mass is 9.90. The molecule has 0 aromatic rings. The first-order chi connectivity index (χ1) is 8.90. The molecule has 1 rings (SSSR count). The van der Waals surface area contributed by atoms with Crippen molar-refractivity contribution in [1.29, 1.82) is 0 Å². The fraction of sp³-hybridized carbons (Fsp3) is 0.833. The lowest BCUT2D eigenvalue weighted by Crippen LogP contribution is -2.57. The van der Waals surface area contributed by atoms with Gasteiger partial charge in [0.25, 0.3) is 0 Å². The molecule has 0 aromatic heterocycles. The molecule has 1 aliphatic heterocycles. The zero-order chi connectivity index (χ0) is 14.6. The third-order valence-corrected chi connectivity index (χ3v) is 3.02. The van der Waals surface area contributed by atoms with Gasteiger partial charge in [-0.3, -0.25) is 9.59 Å². The van der Waals surface area contributed by atoms with Crippen molar-refractivity contribution in [3.63, 3.8) is 0 Å². The van der Waals surface area contributed by atoms with Crippen LogP contribution in [0.25, 0.3) is 0 Å². The lowest BCUT2D eigenvalue weighted by molar-refractivity contribution is -0.287. The number of ether oxygens (including phenoxy) is 4. The van der Waals surface area contributed by atoms with Gasteiger partial charge in [0.2, 0.25) is 0 Å². The summed E-state index contributed by atoms with van der Waals surface area (Å²) < 4.78 is 20.9. The van der Waals surface area contributed by atoms with Crippen molar-refractivity contribution in [2.75, 3.05) is 13.7 Å². The van der Waals surface area contributed by atoms with Gasteiger partial charge in [0, 0.05) is 26.9 Å². The normalized spacial score (nSPS) is 34.7. The van der Waals surface area contributed by atoms with E-state index < -0.39 is 36.5 Å². The average molecular weight is 276 g/mol. The second kappa shape index (κ2) is 6.83. The zero-order valence-electron chi connectivity index (χ0n) is 11.5. The van der Waals surface area contributed by atoms with Gasteiger partial charge in [0.15, 0.2) is 12.4 Å². The second-order valence-corrected chi connectivity index (χ2v) is 4.47. The van der Waals surface area contributed by atoms with E-state index in [1.807, 2.05) is 0 Å². The molecule has 1 heterocycles. The molecule has 19 heavy (non-hydrogen) atoms. The number of carbonyl (C=O) groups excluding carboxylic acids is 2. The van der Waals surface area contributed by atoms with E-state index in [1.165, 1.54) is 21.0 Å². The highest BCUT2D eigenvalue weighted by Gasteiger charge is 2.47. The molecule has 1 N–H and O–H groups in total. The van der Waals surface area contributed by atoms with Crippen molar-refractivity contribution in [2.24, 2.45) is 5.92 Å². The molecular formula is C12H20O7. The minimum atomic E-state index is -0.887. The highest BCUT2D eigenvalue weighted by Crippen LogP contribution is 2.30. The van der Waals surface area contributed by atoms with Gasteiger partial charge in [-0.2, -0.15) is 0 Å². The molecular weight excluding hydrogens is 256 g/mol. The number of esters is 2. The summed E-state index contributed by atoms with van der Waals surface area (Å²) in [6.07, 6.45) is -3.02. The summed E-state index contributed by atoms with van der Waals surface area (Å²) in [7, 11) is 1.39. The molecule has 0 radical (unpaired) electrons. The standard InChI is InChI=1S/C12H20O7/c1-6-9(5-13)19-12(16-4)11(18-8(3)15)10(6)17-7(2)14/h6,9-13H,5H2,1-4H3/t6-,9?,10-,11?,12+/m0/s1. The summed E-state index contributed by atoms with van der Waals surface area (Å²) in [5.74, 6) is -1.35. The van der Waals surface area contributed by atoms with Gasteiger partial charge in [0.05, 0.1) is 12.7 Å². The van der Waals surface area contributed by atoms with E-state index in [2.05, 4.69) is 0 Å². The van der Waals surface area contributed by atoms with Gasteiger partial charge in [-0.1, -0.05) is 6.92 Å². The van der Waals surface area contributed by atoms with Gasteiger partial charge in [-0.25, -0.2) is 0 Å². The summed E-state index contributed by atoms with van der Waals surface area (Å²) in [5.41, 5.74) is 0. The van der Waals surface area contributed by atoms with Gasteiger partial charge >= 0.3 is 11.9 Å². The Labute approximate surface area is 111 Å². The summed E-state index contributed by atoms with van der Waals surface area (Å²) in [5, 5.41) is 9.27. The van der Waals surface area contributed by atoms with E-state index in [9.17, 15) is 14.7 Å². The fourth-order valence-electron chi connectivity index (χ4n) is 2.12. The van der Waals surface area contributed by atoms with Crippen LogP contribution in [0, 0.1) is 5.92 Å². The zero-order valence-corrected chi connectivity index (χ0v) is 11.5. The molecule has 1 fully saturated rings. The SMILES string of the molecule is CO[C@@H]1OC(CO)[C@H](C)[C@H](OC(C)=O)C1OC(C)=O. The van der Waals surface area contributed by atoms with Crippen molar-refractivity contribution < 1.29 is 33.6 Å². The fourth-order valence-corrected chi connectivity index (χ4v) is 2.12. The molecule has 7 nitrogen and oxygen atoms in total. The summed E-state index contributed by atoms with van der Waals surface area (Å²) in [4.78, 5) is 22.3. The van der Waals surface area contributed by atoms with Crippen molar-refractivity contribution in [1.82, 2.24) is 0 Å². The lowest BCUT2D eigenvalue weighted by Gasteiger charge is -2.43. The average Bonchev–Trinajstić information content (AvgIpc) is 2.33. The van der Waals surface area contributed by atoms with Crippen molar-refractivity contribution >= 4 is 11.9 Å². The molecule has 1 saturated heterocycles. The van der Waals surface area contributed by atoms with Crippen LogP contribution >= 0.6 is 0 Å². The Balaban J connectivity index is 2.96. The number of methoxy groups -OCH3 is 1. The number of hydrogen-bond donors (Lipinski definition) is 1. The highest BCUT2D eigenvalue weighted by molar-refractivity contribution is 5.67. The van der Waals surface area contributed by atoms with E-state index in [0.717, 1.165) is 0 Å². The van der Waals surface area contributed by atoms with E-state index in [4.69, 9.17) is 18.9 Å². The Hall–Kier alpha value is -1.18. The van der Waals surface area contributed by atoms with Crippen LogP contribution in [-0.2, 0) is 28.5 Å². The van der Waals surface area contributed by atoms with Crippen LogP contribution in [0.3, 0.4) is 0 Å². The molecule has 0 amide bonds. The molecule has 110 valence electrons. The first kappa shape index (κ1) is 15.9. The molecule has 0 aliphatic carbocycles. The summed E-state index contributed by atoms with van der Waals surface area (Å²) in [6.45, 7) is 4.02. The topological polar surface area (TPSA) is 91.3 Å². The Morgan fingerprint density at radius 1 is 1.16 bits per heavy atom. The van der Waals surface area contributed by atoms with Crippen LogP contribution in [0.1, 0.15) is 20.8 Å². The van der Waals surface area contributed by atoms with Crippen LogP contribution in [0.4, 0.5) is 0 Å². The molecule has 2 unspecified atom stereocenters. The quantitative estimate of drug-likeness (QED) is 0.714. The van der Waals surface area contributed by atoms with Crippen LogP contribution in [0.2, 0.25) is 0 Å². The molecule has 1 aliphatic rings. The minimum absolute atomic E-state index is 0.244. The monoisotopic (exact) mass is 276 g/mol. The largest absolute Gasteiger partial charge is 0.458 e. The predicted molar refractivity (Wildman–Crippen MR) is 63.0 cm³/mol. The second-order valence-electron chi connectivity index (χ2n) is 4.47. The first-order valence-corrected chi connectivity index (χ1v) is 6.04. The van der Waals surface area contributed by atoms with Gasteiger partial charge < -0.3 is 24.1 Å². The third-order valence-electron chi connectivity index (χ3n) is 3.02. The van der Waals surface area contributed by atoms with Crippen molar-refractivity contribution in [3.8, 4) is 0 Å². The number of aliphatic hydroxyl groups is 1. The predicted octanol–water partition coefficient (Wildman–Crippen LogP) is -0.151. The maximum atomic E-state index is 11.2. The van der Waals surface area contributed by atoms with Crippen LogP contribution in [-0.4, -0.2) is 55.4 Å². The van der Waals surface area contributed by atoms with E-state index >= 15 is 0 Å². The number of rotatable bonds is 4. The van der Waals surface area contributed by atoms with Crippen LogP contribution < -0.4 is 0 Å². The van der Waals surface area contributed by atoms with E-state index in [0.29, 0.717) is 0 Å². The Bertz CT molecular complexity index is 330. The van der Waals surface area contributed by atoms with Crippen LogP contribution in [0.15, 0.2) is 0 Å².